The van der Waals surface area contributed by atoms with Crippen molar-refractivity contribution in [3.8, 4) is 5.75 Å². The topological polar surface area (TPSA) is 93.2 Å². The lowest BCUT2D eigenvalue weighted by Gasteiger charge is -2.33. The number of rotatable bonds is 3. The first kappa shape index (κ1) is 17.9. The number of carbonyl (C=O) groups excluding carboxylic acids is 1. The normalized spacial score (nSPS) is 18.4. The Bertz CT molecular complexity index is 1160. The van der Waals surface area contributed by atoms with Crippen LogP contribution in [0.4, 0.5) is 0 Å². The zero-order valence-electron chi connectivity index (χ0n) is 16.3. The summed E-state index contributed by atoms with van der Waals surface area (Å²) in [6.07, 6.45) is 8.06. The monoisotopic (exact) mass is 393 g/mol. The molecule has 0 bridgehead atoms. The van der Waals surface area contributed by atoms with Crippen LogP contribution in [0, 0.1) is 5.92 Å². The van der Waals surface area contributed by atoms with Crippen LogP contribution in [0.5, 0.6) is 5.75 Å². The minimum absolute atomic E-state index is 0.0427. The number of hydrogen-bond donors (Lipinski definition) is 1. The maximum atomic E-state index is 12.7. The van der Waals surface area contributed by atoms with Crippen LogP contribution in [-0.4, -0.2) is 48.6 Å². The molecule has 0 spiro atoms. The van der Waals surface area contributed by atoms with Crippen LogP contribution in [0.25, 0.3) is 11.0 Å². The quantitative estimate of drug-likeness (QED) is 0.736. The van der Waals surface area contributed by atoms with E-state index in [4.69, 9.17) is 0 Å². The number of hydrogen-bond acceptors (Lipinski definition) is 5. The molecule has 1 fully saturated rings. The second kappa shape index (κ2) is 6.72. The highest BCUT2D eigenvalue weighted by atomic mass is 16.3. The lowest BCUT2D eigenvalue weighted by Crippen LogP contribution is -2.42. The van der Waals surface area contributed by atoms with Gasteiger partial charge in [0, 0.05) is 37.9 Å². The van der Waals surface area contributed by atoms with Gasteiger partial charge in [0.2, 0.25) is 5.75 Å². The van der Waals surface area contributed by atoms with Crippen LogP contribution < -0.4 is 5.56 Å². The first-order valence-electron chi connectivity index (χ1n) is 10.1. The number of amides is 1. The van der Waals surface area contributed by atoms with E-state index in [2.05, 4.69) is 14.5 Å². The molecule has 150 valence electrons. The average molecular weight is 393 g/mol. The smallest absolute Gasteiger partial charge is 0.315 e. The maximum absolute atomic E-state index is 12.7. The van der Waals surface area contributed by atoms with Crippen LogP contribution in [0.3, 0.4) is 0 Å². The molecule has 1 aliphatic heterocycles. The Morgan fingerprint density at radius 1 is 1.17 bits per heavy atom. The molecule has 0 saturated heterocycles. The second-order valence-electron chi connectivity index (χ2n) is 7.98. The number of fused-ring (bicyclic) bond motifs is 2. The first-order valence-corrected chi connectivity index (χ1v) is 10.1. The van der Waals surface area contributed by atoms with E-state index in [1.54, 1.807) is 17.8 Å². The zero-order valence-corrected chi connectivity index (χ0v) is 16.3. The minimum Gasteiger partial charge on any atom is -0.501 e. The molecular formula is C21H23N5O3. The van der Waals surface area contributed by atoms with Gasteiger partial charge in [-0.2, -0.15) is 4.98 Å². The Balaban J connectivity index is 1.77. The molecule has 0 aromatic carbocycles. The Hall–Kier alpha value is -3.16. The largest absolute Gasteiger partial charge is 0.501 e. The van der Waals surface area contributed by atoms with Gasteiger partial charge in [0.25, 0.3) is 5.91 Å². The highest BCUT2D eigenvalue weighted by molar-refractivity contribution is 5.95. The van der Waals surface area contributed by atoms with Gasteiger partial charge >= 0.3 is 5.56 Å². The average Bonchev–Trinajstić information content (AvgIpc) is 3.39. The Morgan fingerprint density at radius 2 is 1.97 bits per heavy atom. The summed E-state index contributed by atoms with van der Waals surface area (Å²) in [5.41, 5.74) is 0.129. The van der Waals surface area contributed by atoms with Gasteiger partial charge in [0.15, 0.2) is 5.69 Å². The molecule has 3 aromatic rings. The predicted molar refractivity (Wildman–Crippen MR) is 107 cm³/mol. The van der Waals surface area contributed by atoms with Gasteiger partial charge in [-0.1, -0.05) is 12.8 Å². The third-order valence-electron chi connectivity index (χ3n) is 6.28. The summed E-state index contributed by atoms with van der Waals surface area (Å²) in [4.78, 5) is 35.7. The summed E-state index contributed by atoms with van der Waals surface area (Å²) in [6.45, 7) is 0.995. The fraction of sp³-hybridized carbons (Fsp3) is 0.429. The molecule has 2 aliphatic rings. The van der Waals surface area contributed by atoms with Crippen molar-refractivity contribution in [2.45, 2.75) is 38.3 Å². The molecule has 3 aromatic heterocycles. The third-order valence-corrected chi connectivity index (χ3v) is 6.28. The SMILES string of the molecule is CN1CCn2c(C(C3CCCC3)n3ccc4cccnc43)nc(=O)c(O)c2C1=O. The van der Waals surface area contributed by atoms with E-state index in [-0.39, 0.29) is 23.6 Å². The zero-order chi connectivity index (χ0) is 20.1. The Morgan fingerprint density at radius 3 is 2.76 bits per heavy atom. The molecule has 8 nitrogen and oxygen atoms in total. The highest BCUT2D eigenvalue weighted by Gasteiger charge is 2.36. The molecule has 1 amide bonds. The lowest BCUT2D eigenvalue weighted by atomic mass is 9.96. The van der Waals surface area contributed by atoms with Gasteiger partial charge in [-0.25, -0.2) is 4.98 Å². The molecule has 1 N–H and O–H groups in total. The molecule has 8 heteroatoms. The van der Waals surface area contributed by atoms with Crippen molar-refractivity contribution in [1.29, 1.82) is 0 Å². The number of nitrogens with zero attached hydrogens (tertiary/aromatic N) is 5. The van der Waals surface area contributed by atoms with Crippen LogP contribution in [-0.2, 0) is 6.54 Å². The summed E-state index contributed by atoms with van der Waals surface area (Å²) < 4.78 is 3.83. The van der Waals surface area contributed by atoms with Crippen molar-refractivity contribution in [1.82, 2.24) is 24.0 Å². The molecule has 1 unspecified atom stereocenters. The van der Waals surface area contributed by atoms with Gasteiger partial charge in [-0.3, -0.25) is 9.59 Å². The number of pyridine rings is 1. The highest BCUT2D eigenvalue weighted by Crippen LogP contribution is 2.40. The Labute approximate surface area is 167 Å². The van der Waals surface area contributed by atoms with E-state index in [0.29, 0.717) is 18.9 Å². The molecular weight excluding hydrogens is 370 g/mol. The Kier molecular flexibility index (Phi) is 4.15. The van der Waals surface area contributed by atoms with Crippen LogP contribution in [0.2, 0.25) is 0 Å². The van der Waals surface area contributed by atoms with Gasteiger partial charge < -0.3 is 19.1 Å². The van der Waals surface area contributed by atoms with Crippen LogP contribution >= 0.6 is 0 Å². The summed E-state index contributed by atoms with van der Waals surface area (Å²) in [5, 5.41) is 11.4. The molecule has 1 aliphatic carbocycles. The van der Waals surface area contributed by atoms with E-state index >= 15 is 0 Å². The third kappa shape index (κ3) is 2.73. The molecule has 4 heterocycles. The van der Waals surface area contributed by atoms with Crippen molar-refractivity contribution < 1.29 is 9.90 Å². The summed E-state index contributed by atoms with van der Waals surface area (Å²) >= 11 is 0. The van der Waals surface area contributed by atoms with Crippen molar-refractivity contribution in [3.63, 3.8) is 0 Å². The molecule has 1 atom stereocenters. The summed E-state index contributed by atoms with van der Waals surface area (Å²) in [7, 11) is 1.67. The number of aromatic nitrogens is 4. The first-order chi connectivity index (χ1) is 14.1. The predicted octanol–water partition coefficient (Wildman–Crippen LogP) is 2.16. The minimum atomic E-state index is -0.748. The van der Waals surface area contributed by atoms with Crippen molar-refractivity contribution in [3.05, 3.63) is 52.5 Å². The van der Waals surface area contributed by atoms with Gasteiger partial charge in [0.05, 0.1) is 6.04 Å². The molecule has 5 rings (SSSR count). The van der Waals surface area contributed by atoms with E-state index in [1.807, 2.05) is 24.4 Å². The molecule has 1 saturated carbocycles. The second-order valence-corrected chi connectivity index (χ2v) is 7.98. The van der Waals surface area contributed by atoms with Crippen molar-refractivity contribution in [2.75, 3.05) is 13.6 Å². The van der Waals surface area contributed by atoms with Crippen LogP contribution in [0.15, 0.2) is 35.4 Å². The van der Waals surface area contributed by atoms with E-state index in [1.165, 1.54) is 4.90 Å². The standard InChI is InChI=1S/C21H23N5O3/c1-24-11-12-26-16(21(24)29)17(27)20(28)23-19(26)15(13-5-2-3-6-13)25-10-8-14-7-4-9-22-18(14)25/h4,7-10,13,15,27H,2-3,5-6,11-12H2,1H3. The summed E-state index contributed by atoms with van der Waals surface area (Å²) in [5.74, 6) is -0.0872. The van der Waals surface area contributed by atoms with Gasteiger partial charge in [-0.05, 0) is 37.0 Å². The van der Waals surface area contributed by atoms with Crippen LogP contribution in [0.1, 0.15) is 48.0 Å². The van der Waals surface area contributed by atoms with Gasteiger partial charge in [0.1, 0.15) is 11.5 Å². The molecule has 29 heavy (non-hydrogen) atoms. The van der Waals surface area contributed by atoms with Gasteiger partial charge in [-0.15, -0.1) is 0 Å². The van der Waals surface area contributed by atoms with E-state index < -0.39 is 11.3 Å². The number of likely N-dealkylation sites (N-methyl/N-ethyl adjacent to an activating group) is 1. The van der Waals surface area contributed by atoms with E-state index in [0.717, 1.165) is 36.7 Å². The van der Waals surface area contributed by atoms with E-state index in [9.17, 15) is 14.7 Å². The number of aromatic hydroxyl groups is 1. The molecule has 0 radical (unpaired) electrons. The fourth-order valence-electron chi connectivity index (χ4n) is 4.81. The lowest BCUT2D eigenvalue weighted by molar-refractivity contribution is 0.0736. The summed E-state index contributed by atoms with van der Waals surface area (Å²) in [6, 6.07) is 5.71. The fourth-order valence-corrected chi connectivity index (χ4v) is 4.81. The maximum Gasteiger partial charge on any atom is 0.315 e. The number of carbonyl (C=O) groups is 1. The van der Waals surface area contributed by atoms with Crippen molar-refractivity contribution in [2.24, 2.45) is 5.92 Å². The van der Waals surface area contributed by atoms with Crippen molar-refractivity contribution >= 4 is 16.9 Å².